The third-order valence-electron chi connectivity index (χ3n) is 7.61. The normalized spacial score (nSPS) is 13.9. The van der Waals surface area contributed by atoms with Gasteiger partial charge in [-0.2, -0.15) is 18.4 Å². The number of likely N-dealkylation sites (tertiary alicyclic amines) is 1. The Kier molecular flexibility index (Phi) is 8.16. The Hall–Kier alpha value is -4.84. The lowest BCUT2D eigenvalue weighted by Gasteiger charge is -2.34. The predicted octanol–water partition coefficient (Wildman–Crippen LogP) is 7.28. The van der Waals surface area contributed by atoms with Gasteiger partial charge in [-0.25, -0.2) is 0 Å². The topological polar surface area (TPSA) is 76.4 Å². The van der Waals surface area contributed by atoms with E-state index in [4.69, 9.17) is 0 Å². The van der Waals surface area contributed by atoms with Crippen LogP contribution in [0.4, 0.5) is 30.2 Å². The van der Waals surface area contributed by atoms with E-state index < -0.39 is 12.1 Å². The number of hydrogen-bond acceptors (Lipinski definition) is 4. The van der Waals surface area contributed by atoms with Crippen molar-refractivity contribution in [1.29, 1.82) is 5.26 Å². The van der Waals surface area contributed by atoms with Crippen LogP contribution in [0.5, 0.6) is 0 Å². The molecule has 0 bridgehead atoms. The van der Waals surface area contributed by atoms with E-state index in [1.807, 2.05) is 65.6 Å². The first-order chi connectivity index (χ1) is 20.1. The van der Waals surface area contributed by atoms with E-state index in [1.54, 1.807) is 18.2 Å². The number of benzene rings is 4. The third-order valence-corrected chi connectivity index (χ3v) is 7.61. The summed E-state index contributed by atoms with van der Waals surface area (Å²) in [7, 11) is 0. The first-order valence-electron chi connectivity index (χ1n) is 13.7. The Balaban J connectivity index is 1.57. The first kappa shape index (κ1) is 28.7. The summed E-state index contributed by atoms with van der Waals surface area (Å²) < 4.78 is 39.0. The molecule has 0 atom stereocenters. The van der Waals surface area contributed by atoms with E-state index in [0.717, 1.165) is 32.5 Å². The number of hydrogen-bond donors (Lipinski definition) is 1. The van der Waals surface area contributed by atoms with Crippen molar-refractivity contribution < 1.29 is 22.8 Å². The van der Waals surface area contributed by atoms with Gasteiger partial charge in [-0.15, -0.1) is 0 Å². The summed E-state index contributed by atoms with van der Waals surface area (Å²) >= 11 is 0. The number of nitrogens with zero attached hydrogens (tertiary/aromatic N) is 3. The second-order valence-electron chi connectivity index (χ2n) is 10.4. The molecular formula is C33H29F3N4O2. The summed E-state index contributed by atoms with van der Waals surface area (Å²) in [5.74, 6) is -2.13. The van der Waals surface area contributed by atoms with Crippen LogP contribution in [-0.4, -0.2) is 36.0 Å². The van der Waals surface area contributed by atoms with Gasteiger partial charge < -0.3 is 15.1 Å². The van der Waals surface area contributed by atoms with Crippen molar-refractivity contribution in [2.45, 2.75) is 38.4 Å². The van der Waals surface area contributed by atoms with Crippen molar-refractivity contribution >= 4 is 39.6 Å². The average Bonchev–Trinajstić information content (AvgIpc) is 2.99. The highest BCUT2D eigenvalue weighted by Crippen LogP contribution is 2.39. The van der Waals surface area contributed by atoms with Crippen LogP contribution in [-0.2, 0) is 16.1 Å². The van der Waals surface area contributed by atoms with Crippen molar-refractivity contribution in [3.8, 4) is 6.07 Å². The van der Waals surface area contributed by atoms with Crippen LogP contribution in [0.25, 0.3) is 10.8 Å². The minimum atomic E-state index is -4.89. The van der Waals surface area contributed by atoms with Gasteiger partial charge in [0.1, 0.15) is 0 Å². The number of fused-ring (bicyclic) bond motifs is 1. The number of anilines is 3. The number of amides is 2. The van der Waals surface area contributed by atoms with Crippen LogP contribution in [0.15, 0.2) is 84.9 Å². The van der Waals surface area contributed by atoms with Gasteiger partial charge in [-0.3, -0.25) is 9.59 Å². The van der Waals surface area contributed by atoms with E-state index in [1.165, 1.54) is 6.92 Å². The van der Waals surface area contributed by atoms with E-state index >= 15 is 0 Å². The van der Waals surface area contributed by atoms with E-state index in [9.17, 15) is 28.0 Å². The second kappa shape index (κ2) is 12.0. The summed E-state index contributed by atoms with van der Waals surface area (Å²) in [5, 5.41) is 14.7. The van der Waals surface area contributed by atoms with Gasteiger partial charge in [0.05, 0.1) is 23.0 Å². The van der Waals surface area contributed by atoms with Crippen molar-refractivity contribution in [1.82, 2.24) is 4.90 Å². The van der Waals surface area contributed by atoms with Crippen molar-refractivity contribution in [2.24, 2.45) is 0 Å². The fourth-order valence-electron chi connectivity index (χ4n) is 5.58. The zero-order valence-corrected chi connectivity index (χ0v) is 23.0. The Morgan fingerprint density at radius 3 is 2.40 bits per heavy atom. The molecule has 1 saturated heterocycles. The van der Waals surface area contributed by atoms with Gasteiger partial charge in [0, 0.05) is 32.2 Å². The Morgan fingerprint density at radius 2 is 1.69 bits per heavy atom. The van der Waals surface area contributed by atoms with Crippen LogP contribution in [0.2, 0.25) is 0 Å². The zero-order chi connectivity index (χ0) is 29.9. The largest absolute Gasteiger partial charge is 0.471 e. The quantitative estimate of drug-likeness (QED) is 0.264. The van der Waals surface area contributed by atoms with Gasteiger partial charge in [0.15, 0.2) is 0 Å². The maximum Gasteiger partial charge on any atom is 0.471 e. The maximum absolute atomic E-state index is 13.0. The minimum absolute atomic E-state index is 0.00965. The lowest BCUT2D eigenvalue weighted by atomic mass is 9.88. The molecule has 42 heavy (non-hydrogen) atoms. The second-order valence-corrected chi connectivity index (χ2v) is 10.4. The van der Waals surface area contributed by atoms with Gasteiger partial charge in [0.25, 0.3) is 0 Å². The molecule has 5 rings (SSSR count). The SMILES string of the molecule is CC(=O)Nc1ccc(C2CCN(C(=O)C(F)(F)F)CC2)cc1N(Cc1cccc2ccccc12)c1cccc(C#N)c1. The van der Waals surface area contributed by atoms with Crippen LogP contribution in [0, 0.1) is 11.3 Å². The third kappa shape index (κ3) is 6.23. The molecule has 214 valence electrons. The van der Waals surface area contributed by atoms with Gasteiger partial charge in [-0.05, 0) is 71.0 Å². The lowest BCUT2D eigenvalue weighted by Crippen LogP contribution is -2.45. The standard InChI is InChI=1S/C33H29F3N4O2/c1-22(41)38-30-13-12-26(24-14-16-39(17-15-24)32(42)33(34,35)36)19-31(30)40(28-10-4-6-23(18-28)20-37)21-27-9-5-8-25-7-2-3-11-29(25)27/h2-13,18-19,24H,14-17,21H2,1H3,(H,38,41). The number of halogens is 3. The molecule has 0 aromatic heterocycles. The minimum Gasteiger partial charge on any atom is -0.335 e. The number of alkyl halides is 3. The summed E-state index contributed by atoms with van der Waals surface area (Å²) in [5.41, 5.74) is 4.43. The van der Waals surface area contributed by atoms with E-state index in [-0.39, 0.29) is 24.9 Å². The molecule has 4 aromatic carbocycles. The molecule has 1 N–H and O–H groups in total. The summed E-state index contributed by atoms with van der Waals surface area (Å²) in [6.07, 6.45) is -4.12. The summed E-state index contributed by atoms with van der Waals surface area (Å²) in [6, 6.07) is 29.2. The molecule has 0 aliphatic carbocycles. The number of piperidine rings is 1. The molecule has 4 aromatic rings. The van der Waals surface area contributed by atoms with Crippen LogP contribution < -0.4 is 10.2 Å². The van der Waals surface area contributed by atoms with Crippen LogP contribution in [0.3, 0.4) is 0 Å². The Labute approximate surface area is 242 Å². The molecule has 0 saturated carbocycles. The molecule has 1 fully saturated rings. The molecule has 0 radical (unpaired) electrons. The average molecular weight is 571 g/mol. The number of nitrogens with one attached hydrogen (secondary N) is 1. The summed E-state index contributed by atoms with van der Waals surface area (Å²) in [4.78, 5) is 26.9. The Morgan fingerprint density at radius 1 is 0.976 bits per heavy atom. The highest BCUT2D eigenvalue weighted by Gasteiger charge is 2.43. The fourth-order valence-corrected chi connectivity index (χ4v) is 5.58. The molecule has 9 heteroatoms. The highest BCUT2D eigenvalue weighted by atomic mass is 19.4. The molecule has 0 spiro atoms. The lowest BCUT2D eigenvalue weighted by molar-refractivity contribution is -0.186. The summed E-state index contributed by atoms with van der Waals surface area (Å²) in [6.45, 7) is 1.87. The van der Waals surface area contributed by atoms with Gasteiger partial charge >= 0.3 is 12.1 Å². The maximum atomic E-state index is 13.0. The van der Waals surface area contributed by atoms with Crippen molar-refractivity contribution in [3.05, 3.63) is 102 Å². The Bertz CT molecular complexity index is 1660. The molecule has 6 nitrogen and oxygen atoms in total. The predicted molar refractivity (Wildman–Crippen MR) is 156 cm³/mol. The van der Waals surface area contributed by atoms with Gasteiger partial charge in [0.2, 0.25) is 5.91 Å². The van der Waals surface area contributed by atoms with Crippen molar-refractivity contribution in [3.63, 3.8) is 0 Å². The monoisotopic (exact) mass is 570 g/mol. The van der Waals surface area contributed by atoms with E-state index in [0.29, 0.717) is 36.3 Å². The smallest absolute Gasteiger partial charge is 0.335 e. The molecule has 1 aliphatic heterocycles. The number of carbonyl (C=O) groups is 2. The van der Waals surface area contributed by atoms with E-state index in [2.05, 4.69) is 17.5 Å². The number of rotatable bonds is 6. The molecule has 1 heterocycles. The molecule has 1 aliphatic rings. The zero-order valence-electron chi connectivity index (χ0n) is 23.0. The first-order valence-corrected chi connectivity index (χ1v) is 13.7. The van der Waals surface area contributed by atoms with Crippen LogP contribution >= 0.6 is 0 Å². The number of carbonyl (C=O) groups excluding carboxylic acids is 2. The van der Waals surface area contributed by atoms with Gasteiger partial charge in [-0.1, -0.05) is 54.6 Å². The van der Waals surface area contributed by atoms with Crippen LogP contribution in [0.1, 0.15) is 42.4 Å². The van der Waals surface area contributed by atoms with Crippen molar-refractivity contribution in [2.75, 3.05) is 23.3 Å². The number of nitriles is 1. The highest BCUT2D eigenvalue weighted by molar-refractivity contribution is 5.94. The molecule has 0 unspecified atom stereocenters. The molecular weight excluding hydrogens is 541 g/mol. The molecule has 2 amide bonds. The fraction of sp³-hybridized carbons (Fsp3) is 0.242.